The lowest BCUT2D eigenvalue weighted by Gasteiger charge is -2.15. The highest BCUT2D eigenvalue weighted by atomic mass is 16.5. The van der Waals surface area contributed by atoms with E-state index in [9.17, 15) is 24.9 Å². The number of hydrogen-bond acceptors (Lipinski definition) is 6. The van der Waals surface area contributed by atoms with Gasteiger partial charge in [0.05, 0.1) is 6.10 Å². The molecule has 7 nitrogen and oxygen atoms in total. The van der Waals surface area contributed by atoms with Gasteiger partial charge in [0, 0.05) is 19.1 Å². The van der Waals surface area contributed by atoms with Crippen molar-refractivity contribution in [1.82, 2.24) is 5.32 Å². The molecule has 128 valence electrons. The minimum atomic E-state index is -0.523. The standard InChI is InChI=1S/C16H23NO6/c1-10(2)23-16(22)8-17-15(21)6-11(9-18)5-12-3-4-13(19)7-14(12)20/h3-4,7,10-11,18-20H,5-6,8-9H2,1-2H3,(H,17,21). The van der Waals surface area contributed by atoms with Gasteiger partial charge in [-0.2, -0.15) is 0 Å². The molecule has 1 aromatic rings. The van der Waals surface area contributed by atoms with Crippen molar-refractivity contribution >= 4 is 11.9 Å². The first-order valence-electron chi connectivity index (χ1n) is 7.39. The molecule has 0 radical (unpaired) electrons. The Bertz CT molecular complexity index is 543. The number of esters is 1. The maximum absolute atomic E-state index is 11.8. The molecule has 0 aromatic heterocycles. The number of aliphatic hydroxyl groups excluding tert-OH is 1. The van der Waals surface area contributed by atoms with Crippen molar-refractivity contribution in [3.63, 3.8) is 0 Å². The van der Waals surface area contributed by atoms with Gasteiger partial charge in [0.25, 0.3) is 0 Å². The summed E-state index contributed by atoms with van der Waals surface area (Å²) < 4.78 is 4.89. The number of amides is 1. The number of hydrogen-bond donors (Lipinski definition) is 4. The predicted molar refractivity (Wildman–Crippen MR) is 82.9 cm³/mol. The maximum Gasteiger partial charge on any atom is 0.325 e. The fourth-order valence-corrected chi connectivity index (χ4v) is 2.05. The van der Waals surface area contributed by atoms with Crippen molar-refractivity contribution in [2.45, 2.75) is 32.8 Å². The number of phenols is 2. The van der Waals surface area contributed by atoms with Gasteiger partial charge in [0.1, 0.15) is 18.0 Å². The number of ether oxygens (including phenoxy) is 1. The third kappa shape index (κ3) is 7.01. The van der Waals surface area contributed by atoms with E-state index in [-0.39, 0.29) is 49.5 Å². The molecule has 0 heterocycles. The lowest BCUT2D eigenvalue weighted by atomic mass is 9.96. The van der Waals surface area contributed by atoms with Crippen LogP contribution in [-0.4, -0.2) is 46.5 Å². The van der Waals surface area contributed by atoms with Crippen LogP contribution in [0, 0.1) is 5.92 Å². The van der Waals surface area contributed by atoms with Crippen LogP contribution in [0.5, 0.6) is 11.5 Å². The first-order chi connectivity index (χ1) is 10.8. The molecule has 7 heteroatoms. The summed E-state index contributed by atoms with van der Waals surface area (Å²) in [6.07, 6.45) is 0.0280. The van der Waals surface area contributed by atoms with Crippen LogP contribution in [-0.2, 0) is 20.7 Å². The van der Waals surface area contributed by atoms with Gasteiger partial charge in [-0.3, -0.25) is 9.59 Å². The van der Waals surface area contributed by atoms with Crippen LogP contribution < -0.4 is 5.32 Å². The highest BCUT2D eigenvalue weighted by Crippen LogP contribution is 2.25. The number of carbonyl (C=O) groups is 2. The Labute approximate surface area is 134 Å². The predicted octanol–water partition coefficient (Wildman–Crippen LogP) is 0.707. The maximum atomic E-state index is 11.8. The van der Waals surface area contributed by atoms with Crippen LogP contribution in [0.25, 0.3) is 0 Å². The zero-order valence-electron chi connectivity index (χ0n) is 13.3. The summed E-state index contributed by atoms with van der Waals surface area (Å²) in [4.78, 5) is 23.1. The van der Waals surface area contributed by atoms with Crippen molar-refractivity contribution in [3.05, 3.63) is 23.8 Å². The number of phenolic OH excluding ortho intramolecular Hbond substituents is 2. The van der Waals surface area contributed by atoms with Crippen LogP contribution in [0.2, 0.25) is 0 Å². The van der Waals surface area contributed by atoms with Crippen molar-refractivity contribution in [1.29, 1.82) is 0 Å². The normalized spacial score (nSPS) is 12.0. The van der Waals surface area contributed by atoms with E-state index in [4.69, 9.17) is 4.74 Å². The number of nitrogens with one attached hydrogen (secondary N) is 1. The quantitative estimate of drug-likeness (QED) is 0.523. The lowest BCUT2D eigenvalue weighted by Crippen LogP contribution is -2.33. The second-order valence-corrected chi connectivity index (χ2v) is 5.59. The Morgan fingerprint density at radius 1 is 1.26 bits per heavy atom. The molecule has 0 saturated carbocycles. The summed E-state index contributed by atoms with van der Waals surface area (Å²) >= 11 is 0. The summed E-state index contributed by atoms with van der Waals surface area (Å²) in [6.45, 7) is 2.96. The highest BCUT2D eigenvalue weighted by molar-refractivity contribution is 5.82. The fourth-order valence-electron chi connectivity index (χ4n) is 2.05. The van der Waals surface area contributed by atoms with Gasteiger partial charge in [-0.05, 0) is 37.8 Å². The molecule has 1 amide bonds. The van der Waals surface area contributed by atoms with Gasteiger partial charge in [0.15, 0.2) is 0 Å². The summed E-state index contributed by atoms with van der Waals surface area (Å²) in [6, 6.07) is 4.16. The molecule has 1 rings (SSSR count). The molecule has 4 N–H and O–H groups in total. The Morgan fingerprint density at radius 2 is 1.96 bits per heavy atom. The molecule has 1 atom stereocenters. The van der Waals surface area contributed by atoms with E-state index in [1.54, 1.807) is 13.8 Å². The van der Waals surface area contributed by atoms with Crippen LogP contribution in [0.4, 0.5) is 0 Å². The van der Waals surface area contributed by atoms with E-state index >= 15 is 0 Å². The largest absolute Gasteiger partial charge is 0.508 e. The molecular weight excluding hydrogens is 302 g/mol. The second-order valence-electron chi connectivity index (χ2n) is 5.59. The molecule has 1 unspecified atom stereocenters. The third-order valence-electron chi connectivity index (χ3n) is 3.11. The second kappa shape index (κ2) is 8.99. The van der Waals surface area contributed by atoms with Gasteiger partial charge in [-0.15, -0.1) is 0 Å². The number of benzene rings is 1. The minimum Gasteiger partial charge on any atom is -0.508 e. The van der Waals surface area contributed by atoms with Crippen LogP contribution in [0.1, 0.15) is 25.8 Å². The summed E-state index contributed by atoms with van der Waals surface area (Å²) in [5.74, 6) is -1.47. The fraction of sp³-hybridized carbons (Fsp3) is 0.500. The van der Waals surface area contributed by atoms with Crippen molar-refractivity contribution in [2.75, 3.05) is 13.2 Å². The molecular formula is C16H23NO6. The number of aliphatic hydroxyl groups is 1. The lowest BCUT2D eigenvalue weighted by molar-refractivity contribution is -0.147. The van der Waals surface area contributed by atoms with Crippen LogP contribution in [0.15, 0.2) is 18.2 Å². The Balaban J connectivity index is 2.49. The van der Waals surface area contributed by atoms with Crippen LogP contribution in [0.3, 0.4) is 0 Å². The molecule has 0 spiro atoms. The highest BCUT2D eigenvalue weighted by Gasteiger charge is 2.17. The van der Waals surface area contributed by atoms with Crippen molar-refractivity contribution in [3.8, 4) is 11.5 Å². The van der Waals surface area contributed by atoms with Gasteiger partial charge in [0.2, 0.25) is 5.91 Å². The Kier molecular flexibility index (Phi) is 7.34. The number of aromatic hydroxyl groups is 2. The molecule has 0 fully saturated rings. The molecule has 0 aliphatic heterocycles. The van der Waals surface area contributed by atoms with Gasteiger partial charge in [-0.1, -0.05) is 6.07 Å². The number of carbonyl (C=O) groups excluding carboxylic acids is 2. The third-order valence-corrected chi connectivity index (χ3v) is 3.11. The minimum absolute atomic E-state index is 0.00573. The zero-order valence-corrected chi connectivity index (χ0v) is 13.3. The van der Waals surface area contributed by atoms with Gasteiger partial charge >= 0.3 is 5.97 Å². The molecule has 0 aliphatic carbocycles. The van der Waals surface area contributed by atoms with Crippen molar-refractivity contribution < 1.29 is 29.6 Å². The van der Waals surface area contributed by atoms with E-state index in [1.807, 2.05) is 0 Å². The molecule has 1 aromatic carbocycles. The zero-order chi connectivity index (χ0) is 17.4. The summed E-state index contributed by atoms with van der Waals surface area (Å²) in [7, 11) is 0. The van der Waals surface area contributed by atoms with E-state index in [0.717, 1.165) is 0 Å². The van der Waals surface area contributed by atoms with Gasteiger partial charge < -0.3 is 25.4 Å². The van der Waals surface area contributed by atoms with E-state index in [1.165, 1.54) is 18.2 Å². The summed E-state index contributed by atoms with van der Waals surface area (Å²) in [5.41, 5.74) is 0.522. The molecule has 0 aliphatic rings. The monoisotopic (exact) mass is 325 g/mol. The molecule has 23 heavy (non-hydrogen) atoms. The average Bonchev–Trinajstić information content (AvgIpc) is 2.46. The van der Waals surface area contributed by atoms with Crippen molar-refractivity contribution in [2.24, 2.45) is 5.92 Å². The first-order valence-corrected chi connectivity index (χ1v) is 7.39. The van der Waals surface area contributed by atoms with E-state index in [0.29, 0.717) is 5.56 Å². The average molecular weight is 325 g/mol. The van der Waals surface area contributed by atoms with Crippen LogP contribution >= 0.6 is 0 Å². The molecule has 0 saturated heterocycles. The van der Waals surface area contributed by atoms with E-state index < -0.39 is 11.9 Å². The topological polar surface area (TPSA) is 116 Å². The van der Waals surface area contributed by atoms with E-state index in [2.05, 4.69) is 5.32 Å². The molecule has 0 bridgehead atoms. The number of rotatable bonds is 8. The Morgan fingerprint density at radius 3 is 2.52 bits per heavy atom. The smallest absolute Gasteiger partial charge is 0.325 e. The Hall–Kier alpha value is -2.28. The summed E-state index contributed by atoms with van der Waals surface area (Å²) in [5, 5.41) is 30.8. The van der Waals surface area contributed by atoms with Gasteiger partial charge in [-0.25, -0.2) is 0 Å². The first kappa shape index (κ1) is 18.8. The SMILES string of the molecule is CC(C)OC(=O)CNC(=O)CC(CO)Cc1ccc(O)cc1O.